The van der Waals surface area contributed by atoms with Crippen LogP contribution in [0.3, 0.4) is 0 Å². The average Bonchev–Trinajstić information content (AvgIpc) is 3.26. The maximum atomic E-state index is 13.4. The van der Waals surface area contributed by atoms with Gasteiger partial charge in [0.1, 0.15) is 5.82 Å². The fourth-order valence-corrected chi connectivity index (χ4v) is 6.15. The second-order valence-electron chi connectivity index (χ2n) is 8.65. The monoisotopic (exact) mass is 448 g/mol. The third-order valence-electron chi connectivity index (χ3n) is 6.59. The van der Waals surface area contributed by atoms with Crippen LogP contribution in [0, 0.1) is 25.6 Å². The highest BCUT2D eigenvalue weighted by Crippen LogP contribution is 2.50. The molecule has 3 atom stereocenters. The first-order valence-electron chi connectivity index (χ1n) is 10.7. The van der Waals surface area contributed by atoms with Gasteiger partial charge in [-0.1, -0.05) is 42.5 Å². The smallest absolute Gasteiger partial charge is 0.261 e. The summed E-state index contributed by atoms with van der Waals surface area (Å²) < 4.78 is 42.6. The summed E-state index contributed by atoms with van der Waals surface area (Å²) in [4.78, 5) is 0.250. The Morgan fingerprint density at radius 1 is 1.00 bits per heavy atom. The number of hydrogen-bond acceptors (Lipinski definition) is 3. The lowest BCUT2D eigenvalue weighted by Gasteiger charge is -2.37. The second kappa shape index (κ2) is 7.78. The van der Waals surface area contributed by atoms with Gasteiger partial charge < -0.3 is 5.32 Å². The number of anilines is 2. The zero-order valence-electron chi connectivity index (χ0n) is 18.0. The Kier molecular flexibility index (Phi) is 5.05. The number of nitrogens with one attached hydrogen (secondary N) is 2. The van der Waals surface area contributed by atoms with Crippen molar-refractivity contribution < 1.29 is 12.8 Å². The molecule has 1 heterocycles. The molecule has 0 aromatic heterocycles. The summed E-state index contributed by atoms with van der Waals surface area (Å²) in [5.74, 6) is 0.103. The molecule has 0 spiro atoms. The van der Waals surface area contributed by atoms with E-state index in [0.717, 1.165) is 34.4 Å². The van der Waals surface area contributed by atoms with Crippen molar-refractivity contribution in [3.8, 4) is 0 Å². The van der Waals surface area contributed by atoms with Gasteiger partial charge in [0.2, 0.25) is 0 Å². The first-order chi connectivity index (χ1) is 15.3. The van der Waals surface area contributed by atoms with E-state index in [1.165, 1.54) is 12.1 Å². The highest BCUT2D eigenvalue weighted by atomic mass is 32.2. The van der Waals surface area contributed by atoms with Gasteiger partial charge >= 0.3 is 0 Å². The predicted molar refractivity (Wildman–Crippen MR) is 126 cm³/mol. The molecule has 0 amide bonds. The molecule has 3 unspecified atom stereocenters. The predicted octanol–water partition coefficient (Wildman–Crippen LogP) is 6.07. The third-order valence-corrected chi connectivity index (χ3v) is 7.94. The minimum Gasteiger partial charge on any atom is -0.378 e. The van der Waals surface area contributed by atoms with E-state index in [1.54, 1.807) is 12.1 Å². The second-order valence-corrected chi connectivity index (χ2v) is 10.3. The van der Waals surface area contributed by atoms with E-state index in [2.05, 4.69) is 22.2 Å². The lowest BCUT2D eigenvalue weighted by Crippen LogP contribution is -2.29. The van der Waals surface area contributed by atoms with Gasteiger partial charge in [-0.2, -0.15) is 0 Å². The van der Waals surface area contributed by atoms with Crippen molar-refractivity contribution in [3.05, 3.63) is 101 Å². The summed E-state index contributed by atoms with van der Waals surface area (Å²) >= 11 is 0. The van der Waals surface area contributed by atoms with Crippen LogP contribution in [0.4, 0.5) is 15.8 Å². The van der Waals surface area contributed by atoms with Gasteiger partial charge in [-0.05, 0) is 78.8 Å². The Balaban J connectivity index is 1.50. The molecular formula is C26H25FN2O2S. The van der Waals surface area contributed by atoms with Crippen LogP contribution in [-0.2, 0) is 10.0 Å². The van der Waals surface area contributed by atoms with Crippen molar-refractivity contribution in [1.29, 1.82) is 0 Å². The van der Waals surface area contributed by atoms with Gasteiger partial charge in [0.25, 0.3) is 10.0 Å². The SMILES string of the molecule is Cc1cccc(C)c1NS(=O)(=O)c1ccc2c(c1)C1C=CCC1C(c1ccc(F)cc1)N2. The molecule has 2 N–H and O–H groups in total. The van der Waals surface area contributed by atoms with Crippen molar-refractivity contribution in [2.24, 2.45) is 5.92 Å². The van der Waals surface area contributed by atoms with E-state index in [-0.39, 0.29) is 28.6 Å². The van der Waals surface area contributed by atoms with Crippen LogP contribution in [0.1, 0.15) is 40.6 Å². The molecule has 0 saturated carbocycles. The zero-order valence-corrected chi connectivity index (χ0v) is 18.8. The van der Waals surface area contributed by atoms with Crippen LogP contribution in [0.15, 0.2) is 77.7 Å². The molecule has 0 fully saturated rings. The Labute approximate surface area is 188 Å². The highest BCUT2D eigenvalue weighted by Gasteiger charge is 2.38. The molecule has 1 aliphatic carbocycles. The van der Waals surface area contributed by atoms with Gasteiger partial charge in [0.05, 0.1) is 16.6 Å². The molecule has 6 heteroatoms. The first-order valence-corrected chi connectivity index (χ1v) is 12.2. The number of para-hydroxylation sites is 1. The number of benzene rings is 3. The quantitative estimate of drug-likeness (QED) is 0.476. The third kappa shape index (κ3) is 3.58. The van der Waals surface area contributed by atoms with Crippen LogP contribution in [0.25, 0.3) is 0 Å². The van der Waals surface area contributed by atoms with Crippen molar-refractivity contribution in [3.63, 3.8) is 0 Å². The normalized spacial score (nSPS) is 21.5. The van der Waals surface area contributed by atoms with Gasteiger partial charge in [-0.15, -0.1) is 0 Å². The van der Waals surface area contributed by atoms with Crippen LogP contribution in [0.2, 0.25) is 0 Å². The van der Waals surface area contributed by atoms with E-state index >= 15 is 0 Å². The van der Waals surface area contributed by atoms with E-state index < -0.39 is 10.0 Å². The minimum atomic E-state index is -3.73. The molecular weight excluding hydrogens is 423 g/mol. The van der Waals surface area contributed by atoms with E-state index in [1.807, 2.05) is 50.2 Å². The number of rotatable bonds is 4. The summed E-state index contributed by atoms with van der Waals surface area (Å²) in [7, 11) is -3.73. The highest BCUT2D eigenvalue weighted by molar-refractivity contribution is 7.92. The summed E-state index contributed by atoms with van der Waals surface area (Å²) in [6, 6.07) is 17.6. The number of halogens is 1. The van der Waals surface area contributed by atoms with Crippen molar-refractivity contribution >= 4 is 21.4 Å². The fraction of sp³-hybridized carbons (Fsp3) is 0.231. The van der Waals surface area contributed by atoms with E-state index in [0.29, 0.717) is 5.69 Å². The van der Waals surface area contributed by atoms with Crippen LogP contribution in [-0.4, -0.2) is 8.42 Å². The number of aryl methyl sites for hydroxylation is 2. The Morgan fingerprint density at radius 2 is 1.72 bits per heavy atom. The summed E-state index contributed by atoms with van der Waals surface area (Å²) in [6.45, 7) is 3.79. The lowest BCUT2D eigenvalue weighted by molar-refractivity contribution is 0.424. The van der Waals surface area contributed by atoms with Crippen LogP contribution >= 0.6 is 0 Å². The summed E-state index contributed by atoms with van der Waals surface area (Å²) in [6.07, 6.45) is 5.20. The Morgan fingerprint density at radius 3 is 2.44 bits per heavy atom. The molecule has 4 nitrogen and oxygen atoms in total. The molecule has 0 radical (unpaired) electrons. The van der Waals surface area contributed by atoms with Gasteiger partial charge in [-0.3, -0.25) is 4.72 Å². The first kappa shape index (κ1) is 20.8. The van der Waals surface area contributed by atoms with Crippen molar-refractivity contribution in [2.75, 3.05) is 10.0 Å². The van der Waals surface area contributed by atoms with E-state index in [9.17, 15) is 12.8 Å². The molecule has 0 saturated heterocycles. The largest absolute Gasteiger partial charge is 0.378 e. The number of sulfonamides is 1. The fourth-order valence-electron chi connectivity index (χ4n) is 4.91. The number of allylic oxidation sites excluding steroid dienone is 2. The Hall–Kier alpha value is -3.12. The van der Waals surface area contributed by atoms with Crippen molar-refractivity contribution in [2.45, 2.75) is 37.1 Å². The summed E-state index contributed by atoms with van der Waals surface area (Å²) in [5, 5.41) is 3.57. The maximum Gasteiger partial charge on any atom is 0.261 e. The molecule has 1 aliphatic heterocycles. The molecule has 2 aliphatic rings. The van der Waals surface area contributed by atoms with Gasteiger partial charge in [-0.25, -0.2) is 12.8 Å². The van der Waals surface area contributed by atoms with Crippen molar-refractivity contribution in [1.82, 2.24) is 0 Å². The zero-order chi connectivity index (χ0) is 22.5. The average molecular weight is 449 g/mol. The van der Waals surface area contributed by atoms with Crippen LogP contribution < -0.4 is 10.0 Å². The topological polar surface area (TPSA) is 58.2 Å². The molecule has 32 heavy (non-hydrogen) atoms. The standard InChI is InChI=1S/C26H25FN2O2S/c1-16-5-3-6-17(2)25(16)29-32(30,31)20-13-14-24-23(15-20)21-7-4-8-22(21)26(28-24)18-9-11-19(27)12-10-18/h3-7,9-15,21-22,26,28-29H,8H2,1-2H3. The molecule has 164 valence electrons. The molecule has 3 aromatic rings. The van der Waals surface area contributed by atoms with E-state index in [4.69, 9.17) is 0 Å². The molecule has 5 rings (SSSR count). The van der Waals surface area contributed by atoms with Gasteiger partial charge in [0.15, 0.2) is 0 Å². The lowest BCUT2D eigenvalue weighted by atomic mass is 9.77. The molecule has 3 aromatic carbocycles. The number of fused-ring (bicyclic) bond motifs is 3. The van der Waals surface area contributed by atoms with Gasteiger partial charge in [0, 0.05) is 11.6 Å². The Bertz CT molecular complexity index is 1300. The number of hydrogen-bond donors (Lipinski definition) is 2. The summed E-state index contributed by atoms with van der Waals surface area (Å²) in [5.41, 5.74) is 5.32. The van der Waals surface area contributed by atoms with Crippen LogP contribution in [0.5, 0.6) is 0 Å². The molecule has 0 bridgehead atoms. The maximum absolute atomic E-state index is 13.4. The minimum absolute atomic E-state index is 0.0401.